The van der Waals surface area contributed by atoms with Crippen molar-refractivity contribution in [3.63, 3.8) is 0 Å². The van der Waals surface area contributed by atoms with Crippen LogP contribution >= 0.6 is 0 Å². The van der Waals surface area contributed by atoms with Crippen molar-refractivity contribution in [1.29, 1.82) is 0 Å². The second-order valence-corrected chi connectivity index (χ2v) is 3.51. The highest BCUT2D eigenvalue weighted by Gasteiger charge is 1.88. The monoisotopic (exact) mass is 234 g/mol. The number of carbonyl (C=O) groups is 1. The Morgan fingerprint density at radius 1 is 1.00 bits per heavy atom. The lowest BCUT2D eigenvalue weighted by Gasteiger charge is -1.90. The predicted octanol–water partition coefficient (Wildman–Crippen LogP) is 3.96. The van der Waals surface area contributed by atoms with Crippen LogP contribution in [0.2, 0.25) is 0 Å². The zero-order chi connectivity index (χ0) is 12.8. The van der Waals surface area contributed by atoms with E-state index in [0.29, 0.717) is 0 Å². The number of hydrogen-bond donors (Lipinski definition) is 0. The number of unbranched alkanes of at least 4 members (excludes halogenated alkanes) is 2. The molecule has 0 aromatic heterocycles. The van der Waals surface area contributed by atoms with Gasteiger partial charge in [0.25, 0.3) is 0 Å². The second-order valence-electron chi connectivity index (χ2n) is 3.51. The van der Waals surface area contributed by atoms with Crippen LogP contribution in [0.4, 0.5) is 0 Å². The largest absolute Gasteiger partial charge is 0.466 e. The van der Waals surface area contributed by atoms with Crippen LogP contribution in [0.5, 0.6) is 0 Å². The lowest BCUT2D eigenvalue weighted by Crippen LogP contribution is -1.93. The molecule has 0 heterocycles. The van der Waals surface area contributed by atoms with Gasteiger partial charge in [0, 0.05) is 6.08 Å². The summed E-state index contributed by atoms with van der Waals surface area (Å²) in [5.41, 5.74) is 0. The van der Waals surface area contributed by atoms with Gasteiger partial charge in [0.2, 0.25) is 0 Å². The molecular weight excluding hydrogens is 212 g/mol. The maximum Gasteiger partial charge on any atom is 0.330 e. The fourth-order valence-corrected chi connectivity index (χ4v) is 1.12. The van der Waals surface area contributed by atoms with Crippen LogP contribution in [-0.4, -0.2) is 13.1 Å². The van der Waals surface area contributed by atoms with Crippen molar-refractivity contribution >= 4 is 5.97 Å². The lowest BCUT2D eigenvalue weighted by molar-refractivity contribution is -0.134. The van der Waals surface area contributed by atoms with Gasteiger partial charge in [-0.15, -0.1) is 0 Å². The van der Waals surface area contributed by atoms with Crippen molar-refractivity contribution < 1.29 is 9.53 Å². The summed E-state index contributed by atoms with van der Waals surface area (Å²) in [6, 6.07) is 0. The minimum Gasteiger partial charge on any atom is -0.466 e. The number of carbonyl (C=O) groups excluding carboxylic acids is 1. The van der Waals surface area contributed by atoms with Gasteiger partial charge in [-0.3, -0.25) is 0 Å². The molecule has 0 aliphatic carbocycles. The molecule has 0 fully saturated rings. The van der Waals surface area contributed by atoms with E-state index in [1.807, 2.05) is 30.4 Å². The van der Waals surface area contributed by atoms with Crippen LogP contribution in [0.25, 0.3) is 0 Å². The third kappa shape index (κ3) is 12.4. The first-order valence-corrected chi connectivity index (χ1v) is 6.04. The van der Waals surface area contributed by atoms with Crippen molar-refractivity contribution in [3.05, 3.63) is 48.6 Å². The average Bonchev–Trinajstić information content (AvgIpc) is 2.35. The number of allylic oxidation sites excluding steroid dienone is 7. The number of ether oxygens (including phenoxy) is 1. The Hall–Kier alpha value is -1.57. The van der Waals surface area contributed by atoms with E-state index >= 15 is 0 Å². The summed E-state index contributed by atoms with van der Waals surface area (Å²) in [5.74, 6) is -0.286. The van der Waals surface area contributed by atoms with Crippen molar-refractivity contribution in [2.75, 3.05) is 7.11 Å². The molecular formula is C15H22O2. The van der Waals surface area contributed by atoms with E-state index in [1.54, 1.807) is 0 Å². The molecule has 0 aromatic rings. The van der Waals surface area contributed by atoms with Gasteiger partial charge in [-0.1, -0.05) is 49.5 Å². The topological polar surface area (TPSA) is 26.3 Å². The van der Waals surface area contributed by atoms with Gasteiger partial charge in [-0.2, -0.15) is 0 Å². The maximum atomic E-state index is 10.7. The summed E-state index contributed by atoms with van der Waals surface area (Å²) in [7, 11) is 1.38. The standard InChI is InChI=1S/C15H22O2/c1-3-4-5-6-7-8-9-10-11-12-13-14-15(16)17-2/h4-9,13-14H,3,10-12H2,1-2H3/b5-4+,7-6+,9-8?,14-13+. The average molecular weight is 234 g/mol. The van der Waals surface area contributed by atoms with Gasteiger partial charge in [0.05, 0.1) is 7.11 Å². The number of methoxy groups -OCH3 is 1. The summed E-state index contributed by atoms with van der Waals surface area (Å²) in [4.78, 5) is 10.7. The van der Waals surface area contributed by atoms with Crippen LogP contribution in [0.3, 0.4) is 0 Å². The Labute approximate surface area is 104 Å². The normalized spacial score (nSPS) is 12.4. The summed E-state index contributed by atoms with van der Waals surface area (Å²) < 4.78 is 4.49. The fourth-order valence-electron chi connectivity index (χ4n) is 1.12. The molecule has 0 spiro atoms. The Morgan fingerprint density at radius 3 is 2.29 bits per heavy atom. The molecule has 0 atom stereocenters. The quantitative estimate of drug-likeness (QED) is 0.275. The van der Waals surface area contributed by atoms with E-state index in [1.165, 1.54) is 13.2 Å². The van der Waals surface area contributed by atoms with E-state index in [9.17, 15) is 4.79 Å². The highest BCUT2D eigenvalue weighted by Crippen LogP contribution is 1.98. The van der Waals surface area contributed by atoms with Gasteiger partial charge in [0.1, 0.15) is 0 Å². The minimum absolute atomic E-state index is 0.286. The van der Waals surface area contributed by atoms with Gasteiger partial charge in [-0.25, -0.2) is 4.79 Å². The SMILES string of the molecule is CC/C=C/C=C/C=CCCC/C=C/C(=O)OC. The van der Waals surface area contributed by atoms with Crippen LogP contribution in [0, 0.1) is 0 Å². The summed E-state index contributed by atoms with van der Waals surface area (Å²) in [6.45, 7) is 2.11. The second kappa shape index (κ2) is 12.5. The smallest absolute Gasteiger partial charge is 0.330 e. The number of rotatable bonds is 8. The highest BCUT2D eigenvalue weighted by molar-refractivity contribution is 5.81. The van der Waals surface area contributed by atoms with E-state index in [4.69, 9.17) is 0 Å². The molecule has 2 nitrogen and oxygen atoms in total. The highest BCUT2D eigenvalue weighted by atomic mass is 16.5. The molecule has 0 aromatic carbocycles. The summed E-state index contributed by atoms with van der Waals surface area (Å²) >= 11 is 0. The molecule has 0 N–H and O–H groups in total. The first-order chi connectivity index (χ1) is 8.31. The van der Waals surface area contributed by atoms with Crippen molar-refractivity contribution in [1.82, 2.24) is 0 Å². The van der Waals surface area contributed by atoms with Crippen molar-refractivity contribution in [2.24, 2.45) is 0 Å². The molecule has 94 valence electrons. The Balaban J connectivity index is 3.48. The Kier molecular flexibility index (Phi) is 11.3. The Bertz CT molecular complexity index is 296. The first-order valence-electron chi connectivity index (χ1n) is 6.04. The summed E-state index contributed by atoms with van der Waals surface area (Å²) in [5, 5.41) is 0. The van der Waals surface area contributed by atoms with Crippen LogP contribution < -0.4 is 0 Å². The maximum absolute atomic E-state index is 10.7. The van der Waals surface area contributed by atoms with Gasteiger partial charge in [-0.05, 0) is 25.7 Å². The Morgan fingerprint density at radius 2 is 1.65 bits per heavy atom. The van der Waals surface area contributed by atoms with Gasteiger partial charge in [0.15, 0.2) is 0 Å². The molecule has 0 bridgehead atoms. The number of esters is 1. The van der Waals surface area contributed by atoms with E-state index in [0.717, 1.165) is 25.7 Å². The molecule has 0 aliphatic rings. The third-order valence-corrected chi connectivity index (χ3v) is 2.04. The van der Waals surface area contributed by atoms with Crippen molar-refractivity contribution in [2.45, 2.75) is 32.6 Å². The molecule has 0 saturated carbocycles. The predicted molar refractivity (Wildman–Crippen MR) is 72.7 cm³/mol. The molecule has 0 rings (SSSR count). The molecule has 0 radical (unpaired) electrons. The van der Waals surface area contributed by atoms with Crippen LogP contribution in [0.15, 0.2) is 48.6 Å². The van der Waals surface area contributed by atoms with Crippen LogP contribution in [0.1, 0.15) is 32.6 Å². The van der Waals surface area contributed by atoms with E-state index in [2.05, 4.69) is 23.8 Å². The number of hydrogen-bond acceptors (Lipinski definition) is 2. The molecule has 2 heteroatoms. The van der Waals surface area contributed by atoms with E-state index < -0.39 is 0 Å². The molecule has 0 saturated heterocycles. The molecule has 0 unspecified atom stereocenters. The third-order valence-electron chi connectivity index (χ3n) is 2.04. The first kappa shape index (κ1) is 15.4. The molecule has 0 amide bonds. The van der Waals surface area contributed by atoms with Gasteiger partial charge >= 0.3 is 5.97 Å². The zero-order valence-corrected chi connectivity index (χ0v) is 10.8. The zero-order valence-electron chi connectivity index (χ0n) is 10.8. The lowest BCUT2D eigenvalue weighted by atomic mass is 10.2. The molecule has 0 aliphatic heterocycles. The van der Waals surface area contributed by atoms with E-state index in [-0.39, 0.29) is 5.97 Å². The van der Waals surface area contributed by atoms with Crippen molar-refractivity contribution in [3.8, 4) is 0 Å². The molecule has 17 heavy (non-hydrogen) atoms. The minimum atomic E-state index is -0.286. The summed E-state index contributed by atoms with van der Waals surface area (Å²) in [6.07, 6.45) is 19.7. The fraction of sp³-hybridized carbons (Fsp3) is 0.400. The van der Waals surface area contributed by atoms with Crippen LogP contribution in [-0.2, 0) is 9.53 Å². The van der Waals surface area contributed by atoms with Gasteiger partial charge < -0.3 is 4.74 Å².